The number of aromatic amines is 1. The molecular formula is C27H37F2N5O3S. The van der Waals surface area contributed by atoms with Gasteiger partial charge in [0.2, 0.25) is 15.9 Å². The van der Waals surface area contributed by atoms with Crippen LogP contribution in [0.4, 0.5) is 8.78 Å². The van der Waals surface area contributed by atoms with Gasteiger partial charge in [0.1, 0.15) is 23.5 Å². The minimum Gasteiger partial charge on any atom is -0.373 e. The molecule has 0 radical (unpaired) electrons. The first-order chi connectivity index (χ1) is 18.0. The second-order valence-electron chi connectivity index (χ2n) is 10.6. The molecule has 11 heteroatoms. The smallest absolute Gasteiger partial charge is 0.239 e. The van der Waals surface area contributed by atoms with Crippen molar-refractivity contribution in [2.45, 2.75) is 76.9 Å². The molecule has 4 rings (SSSR count). The van der Waals surface area contributed by atoms with Crippen LogP contribution in [0.1, 0.15) is 70.7 Å². The van der Waals surface area contributed by atoms with Crippen LogP contribution >= 0.6 is 0 Å². The molecule has 1 aromatic carbocycles. The summed E-state index contributed by atoms with van der Waals surface area (Å²) in [4.78, 5) is 22.8. The van der Waals surface area contributed by atoms with Gasteiger partial charge in [0.15, 0.2) is 0 Å². The van der Waals surface area contributed by atoms with Crippen molar-refractivity contribution < 1.29 is 22.0 Å². The Hall–Kier alpha value is -2.79. The van der Waals surface area contributed by atoms with E-state index >= 15 is 0 Å². The fourth-order valence-corrected chi connectivity index (χ4v) is 6.28. The molecule has 8 nitrogen and oxygen atoms in total. The van der Waals surface area contributed by atoms with Crippen molar-refractivity contribution in [3.05, 3.63) is 54.1 Å². The summed E-state index contributed by atoms with van der Waals surface area (Å²) in [7, 11) is -3.68. The van der Waals surface area contributed by atoms with E-state index in [9.17, 15) is 22.0 Å². The number of rotatable bonds is 12. The van der Waals surface area contributed by atoms with E-state index in [1.165, 1.54) is 12.3 Å². The summed E-state index contributed by atoms with van der Waals surface area (Å²) in [5.41, 5.74) is 1.21. The molecule has 3 atom stereocenters. The molecule has 0 spiro atoms. The fraction of sp³-hybridized carbons (Fsp3) is 0.556. The van der Waals surface area contributed by atoms with E-state index in [2.05, 4.69) is 38.4 Å². The van der Waals surface area contributed by atoms with Gasteiger partial charge in [0, 0.05) is 36.3 Å². The number of carbonyl (C=O) groups is 1. The molecule has 38 heavy (non-hydrogen) atoms. The zero-order chi connectivity index (χ0) is 27.4. The molecule has 2 heterocycles. The minimum absolute atomic E-state index is 0.0195. The number of piperidine rings is 1. The number of sulfonamides is 1. The molecule has 1 aromatic heterocycles. The third-order valence-corrected chi connectivity index (χ3v) is 8.78. The molecule has 1 aliphatic heterocycles. The number of aromatic nitrogens is 2. The summed E-state index contributed by atoms with van der Waals surface area (Å²) in [6.07, 6.45) is 7.42. The Bertz CT molecular complexity index is 1260. The first kappa shape index (κ1) is 28.2. The van der Waals surface area contributed by atoms with Crippen molar-refractivity contribution >= 4 is 15.9 Å². The molecule has 1 saturated carbocycles. The number of halogens is 2. The Morgan fingerprint density at radius 2 is 2.03 bits per heavy atom. The Balaban J connectivity index is 1.46. The third-order valence-electron chi connectivity index (χ3n) is 7.36. The standard InChI is InChI=1S/C27H37F2N5O3S/c1-17-6-4-5-12-34(17)18(2)14-24(33-38(36,37)13-11-20-7-8-20)27(35)31-19(3)26-30-16-25(32-26)22-10-9-21(28)15-23(22)29/h9-10,15-17,19-20,24,33H,2,4-8,11-14H2,1,3H3,(H,30,32)(H,31,35)/t17-,19-,24-/m0/s1. The Labute approximate surface area is 223 Å². The van der Waals surface area contributed by atoms with Crippen LogP contribution in [0.15, 0.2) is 36.7 Å². The molecule has 1 saturated heterocycles. The van der Waals surface area contributed by atoms with Gasteiger partial charge in [-0.1, -0.05) is 19.4 Å². The van der Waals surface area contributed by atoms with Gasteiger partial charge in [0.25, 0.3) is 0 Å². The number of likely N-dealkylation sites (tertiary alicyclic amines) is 1. The molecule has 0 unspecified atom stereocenters. The van der Waals surface area contributed by atoms with Crippen LogP contribution in [-0.4, -0.2) is 53.6 Å². The molecular weight excluding hydrogens is 512 g/mol. The SMILES string of the molecule is C=C(C[C@H](NS(=O)(=O)CCC1CC1)C(=O)N[C@@H](C)c1ncc(-c2ccc(F)cc2F)[nH]1)N1CCCC[C@@H]1C. The number of imidazole rings is 1. The average molecular weight is 550 g/mol. The van der Waals surface area contributed by atoms with Crippen LogP contribution in [0.2, 0.25) is 0 Å². The predicted octanol–water partition coefficient (Wildman–Crippen LogP) is 4.40. The van der Waals surface area contributed by atoms with Gasteiger partial charge >= 0.3 is 0 Å². The minimum atomic E-state index is -3.68. The van der Waals surface area contributed by atoms with Crippen molar-refractivity contribution in [3.63, 3.8) is 0 Å². The van der Waals surface area contributed by atoms with Crippen LogP contribution in [0, 0.1) is 17.6 Å². The van der Waals surface area contributed by atoms with Crippen LogP contribution < -0.4 is 10.0 Å². The maximum atomic E-state index is 14.2. The van der Waals surface area contributed by atoms with Crippen molar-refractivity contribution in [1.29, 1.82) is 0 Å². The van der Waals surface area contributed by atoms with Crippen LogP contribution in [-0.2, 0) is 14.8 Å². The lowest BCUT2D eigenvalue weighted by atomic mass is 10.0. The number of amides is 1. The molecule has 0 bridgehead atoms. The molecule has 1 amide bonds. The number of nitrogens with zero attached hydrogens (tertiary/aromatic N) is 2. The second-order valence-corrected chi connectivity index (χ2v) is 12.4. The summed E-state index contributed by atoms with van der Waals surface area (Å²) in [5, 5.41) is 2.83. The lowest BCUT2D eigenvalue weighted by molar-refractivity contribution is -0.123. The maximum Gasteiger partial charge on any atom is 0.239 e. The first-order valence-electron chi connectivity index (χ1n) is 13.3. The lowest BCUT2D eigenvalue weighted by Gasteiger charge is -2.37. The highest BCUT2D eigenvalue weighted by Crippen LogP contribution is 2.32. The number of hydrogen-bond donors (Lipinski definition) is 3. The van der Waals surface area contributed by atoms with Crippen molar-refractivity contribution in [2.24, 2.45) is 5.92 Å². The number of benzene rings is 1. The molecule has 2 fully saturated rings. The largest absolute Gasteiger partial charge is 0.373 e. The summed E-state index contributed by atoms with van der Waals surface area (Å²) in [6, 6.07) is 1.87. The highest BCUT2D eigenvalue weighted by Gasteiger charge is 2.31. The second kappa shape index (κ2) is 11.9. The van der Waals surface area contributed by atoms with Gasteiger partial charge in [-0.05, 0) is 57.6 Å². The molecule has 2 aromatic rings. The summed E-state index contributed by atoms with van der Waals surface area (Å²) in [5.74, 6) is -1.13. The van der Waals surface area contributed by atoms with Crippen LogP contribution in [0.3, 0.4) is 0 Å². The predicted molar refractivity (Wildman–Crippen MR) is 142 cm³/mol. The normalized spacial score (nSPS) is 19.7. The zero-order valence-corrected chi connectivity index (χ0v) is 22.8. The van der Waals surface area contributed by atoms with Gasteiger partial charge < -0.3 is 15.2 Å². The number of nitrogens with one attached hydrogen (secondary N) is 3. The summed E-state index contributed by atoms with van der Waals surface area (Å²) >= 11 is 0. The highest BCUT2D eigenvalue weighted by molar-refractivity contribution is 7.89. The summed E-state index contributed by atoms with van der Waals surface area (Å²) < 4.78 is 55.8. The molecule has 2 aliphatic rings. The molecule has 3 N–H and O–H groups in total. The quantitative estimate of drug-likeness (QED) is 0.364. The Morgan fingerprint density at radius 3 is 2.71 bits per heavy atom. The average Bonchev–Trinajstić information content (AvgIpc) is 3.57. The van der Waals surface area contributed by atoms with E-state index in [0.717, 1.165) is 56.5 Å². The van der Waals surface area contributed by atoms with Gasteiger partial charge in [-0.15, -0.1) is 0 Å². The van der Waals surface area contributed by atoms with Crippen molar-refractivity contribution in [1.82, 2.24) is 24.9 Å². The molecule has 1 aliphatic carbocycles. The topological polar surface area (TPSA) is 107 Å². The maximum absolute atomic E-state index is 14.2. The highest BCUT2D eigenvalue weighted by atomic mass is 32.2. The number of hydrogen-bond acceptors (Lipinski definition) is 5. The lowest BCUT2D eigenvalue weighted by Crippen LogP contribution is -2.49. The number of carbonyl (C=O) groups excluding carboxylic acids is 1. The monoisotopic (exact) mass is 549 g/mol. The van der Waals surface area contributed by atoms with E-state index in [-0.39, 0.29) is 23.8 Å². The number of H-pyrrole nitrogens is 1. The fourth-order valence-electron chi connectivity index (χ4n) is 4.90. The zero-order valence-electron chi connectivity index (χ0n) is 22.0. The van der Waals surface area contributed by atoms with Gasteiger partial charge in [0.05, 0.1) is 23.7 Å². The van der Waals surface area contributed by atoms with E-state index in [1.807, 2.05) is 0 Å². The van der Waals surface area contributed by atoms with E-state index < -0.39 is 39.6 Å². The van der Waals surface area contributed by atoms with Crippen LogP contribution in [0.5, 0.6) is 0 Å². The summed E-state index contributed by atoms with van der Waals surface area (Å²) in [6.45, 7) is 8.82. The Kier molecular flexibility index (Phi) is 8.87. The van der Waals surface area contributed by atoms with E-state index in [4.69, 9.17) is 0 Å². The molecule has 208 valence electrons. The first-order valence-corrected chi connectivity index (χ1v) is 14.9. The van der Waals surface area contributed by atoms with Gasteiger partial charge in [-0.25, -0.2) is 26.9 Å². The van der Waals surface area contributed by atoms with E-state index in [0.29, 0.717) is 23.9 Å². The Morgan fingerprint density at radius 1 is 1.26 bits per heavy atom. The van der Waals surface area contributed by atoms with Crippen molar-refractivity contribution in [2.75, 3.05) is 12.3 Å². The van der Waals surface area contributed by atoms with E-state index in [1.54, 1.807) is 6.92 Å². The van der Waals surface area contributed by atoms with Gasteiger partial charge in [-0.3, -0.25) is 4.79 Å². The third kappa shape index (κ3) is 7.41. The van der Waals surface area contributed by atoms with Gasteiger partial charge in [-0.2, -0.15) is 0 Å². The van der Waals surface area contributed by atoms with Crippen molar-refractivity contribution in [3.8, 4) is 11.3 Å². The van der Waals surface area contributed by atoms with Crippen LogP contribution in [0.25, 0.3) is 11.3 Å².